The Morgan fingerprint density at radius 3 is 2.79 bits per heavy atom. The number of thioether (sulfide) groups is 1. The van der Waals surface area contributed by atoms with Gasteiger partial charge in [0.25, 0.3) is 0 Å². The summed E-state index contributed by atoms with van der Waals surface area (Å²) in [6.07, 6.45) is 0.127. The van der Waals surface area contributed by atoms with Crippen LogP contribution in [-0.2, 0) is 14.3 Å². The average Bonchev–Trinajstić information content (AvgIpc) is 2.40. The molecular weight excluding hydrogens is 262 g/mol. The van der Waals surface area contributed by atoms with Crippen molar-refractivity contribution in [2.45, 2.75) is 30.4 Å². The first kappa shape index (κ1) is 13.9. The standard InChI is InChI=1S/C14H17NO3S/c1-3-15-10-7-5-6-8-11(10)19-12(14(15)17)9-13(16)18-4-2/h5-8,12H,3-4,9H2,1-2H3. The summed E-state index contributed by atoms with van der Waals surface area (Å²) < 4.78 is 4.93. The summed E-state index contributed by atoms with van der Waals surface area (Å²) in [6.45, 7) is 4.65. The second-order valence-corrected chi connectivity index (χ2v) is 5.41. The minimum Gasteiger partial charge on any atom is -0.466 e. The van der Waals surface area contributed by atoms with Crippen molar-refractivity contribution >= 4 is 29.3 Å². The number of amides is 1. The Kier molecular flexibility index (Phi) is 4.47. The van der Waals surface area contributed by atoms with Crippen molar-refractivity contribution in [1.29, 1.82) is 0 Å². The molecule has 2 rings (SSSR count). The first-order valence-corrected chi connectivity index (χ1v) is 7.28. The van der Waals surface area contributed by atoms with Gasteiger partial charge in [-0.3, -0.25) is 9.59 Å². The molecule has 0 aromatic heterocycles. The lowest BCUT2D eigenvalue weighted by Crippen LogP contribution is -2.41. The monoisotopic (exact) mass is 279 g/mol. The van der Waals surface area contributed by atoms with E-state index in [9.17, 15) is 9.59 Å². The van der Waals surface area contributed by atoms with E-state index in [2.05, 4.69) is 0 Å². The Morgan fingerprint density at radius 2 is 2.11 bits per heavy atom. The third-order valence-electron chi connectivity index (χ3n) is 2.94. The fraction of sp³-hybridized carbons (Fsp3) is 0.429. The number of anilines is 1. The number of hydrogen-bond donors (Lipinski definition) is 0. The maximum absolute atomic E-state index is 12.4. The summed E-state index contributed by atoms with van der Waals surface area (Å²) in [5.41, 5.74) is 0.931. The molecule has 0 fully saturated rings. The van der Waals surface area contributed by atoms with Crippen molar-refractivity contribution in [3.05, 3.63) is 24.3 Å². The highest BCUT2D eigenvalue weighted by Crippen LogP contribution is 2.40. The fourth-order valence-electron chi connectivity index (χ4n) is 2.10. The number of hydrogen-bond acceptors (Lipinski definition) is 4. The van der Waals surface area contributed by atoms with Crippen molar-refractivity contribution in [2.75, 3.05) is 18.1 Å². The minimum atomic E-state index is -0.381. The molecule has 0 spiro atoms. The predicted molar refractivity (Wildman–Crippen MR) is 75.4 cm³/mol. The van der Waals surface area contributed by atoms with Gasteiger partial charge in [0.15, 0.2) is 0 Å². The van der Waals surface area contributed by atoms with Crippen LogP contribution in [0.4, 0.5) is 5.69 Å². The van der Waals surface area contributed by atoms with E-state index < -0.39 is 0 Å². The highest BCUT2D eigenvalue weighted by molar-refractivity contribution is 8.01. The zero-order valence-electron chi connectivity index (χ0n) is 11.1. The van der Waals surface area contributed by atoms with Crippen LogP contribution >= 0.6 is 11.8 Å². The quantitative estimate of drug-likeness (QED) is 0.794. The van der Waals surface area contributed by atoms with Crippen molar-refractivity contribution in [3.8, 4) is 0 Å². The maximum Gasteiger partial charge on any atom is 0.307 e. The van der Waals surface area contributed by atoms with Gasteiger partial charge in [0.1, 0.15) is 0 Å². The van der Waals surface area contributed by atoms with Crippen LogP contribution in [0, 0.1) is 0 Å². The molecule has 0 radical (unpaired) electrons. The second-order valence-electron chi connectivity index (χ2n) is 4.17. The molecule has 0 N–H and O–H groups in total. The van der Waals surface area contributed by atoms with E-state index >= 15 is 0 Å². The number of nitrogens with zero attached hydrogens (tertiary/aromatic N) is 1. The normalized spacial score (nSPS) is 18.1. The molecule has 1 atom stereocenters. The van der Waals surface area contributed by atoms with Gasteiger partial charge in [0.05, 0.1) is 24.0 Å². The number of carbonyl (C=O) groups excluding carboxylic acids is 2. The molecule has 1 heterocycles. The molecule has 4 nitrogen and oxygen atoms in total. The molecule has 1 amide bonds. The summed E-state index contributed by atoms with van der Waals surface area (Å²) >= 11 is 1.45. The zero-order chi connectivity index (χ0) is 13.8. The summed E-state index contributed by atoms with van der Waals surface area (Å²) in [7, 11) is 0. The number of esters is 1. The highest BCUT2D eigenvalue weighted by Gasteiger charge is 2.34. The summed E-state index contributed by atoms with van der Waals surface area (Å²) in [6, 6.07) is 7.77. The van der Waals surface area contributed by atoms with Gasteiger partial charge < -0.3 is 9.64 Å². The zero-order valence-corrected chi connectivity index (χ0v) is 11.9. The van der Waals surface area contributed by atoms with Crippen LogP contribution in [0.3, 0.4) is 0 Å². The van der Waals surface area contributed by atoms with Crippen molar-refractivity contribution in [2.24, 2.45) is 0 Å². The van der Waals surface area contributed by atoms with Crippen LogP contribution < -0.4 is 4.90 Å². The van der Waals surface area contributed by atoms with Crippen LogP contribution in [-0.4, -0.2) is 30.3 Å². The number of para-hydroxylation sites is 1. The fourth-order valence-corrected chi connectivity index (χ4v) is 3.31. The smallest absolute Gasteiger partial charge is 0.307 e. The molecule has 0 saturated carbocycles. The highest BCUT2D eigenvalue weighted by atomic mass is 32.2. The van der Waals surface area contributed by atoms with Gasteiger partial charge in [0, 0.05) is 11.4 Å². The lowest BCUT2D eigenvalue weighted by Gasteiger charge is -2.32. The van der Waals surface area contributed by atoms with Crippen molar-refractivity contribution in [1.82, 2.24) is 0 Å². The Bertz CT molecular complexity index is 489. The largest absolute Gasteiger partial charge is 0.466 e. The van der Waals surface area contributed by atoms with E-state index in [0.717, 1.165) is 10.6 Å². The van der Waals surface area contributed by atoms with Crippen LogP contribution in [0.1, 0.15) is 20.3 Å². The summed E-state index contributed by atoms with van der Waals surface area (Å²) in [5, 5.41) is -0.381. The van der Waals surface area contributed by atoms with E-state index in [0.29, 0.717) is 13.2 Å². The van der Waals surface area contributed by atoms with Crippen LogP contribution in [0.5, 0.6) is 0 Å². The second kappa shape index (κ2) is 6.10. The van der Waals surface area contributed by atoms with E-state index in [-0.39, 0.29) is 23.5 Å². The van der Waals surface area contributed by atoms with E-state index in [1.165, 1.54) is 11.8 Å². The van der Waals surface area contributed by atoms with Gasteiger partial charge in [-0.05, 0) is 26.0 Å². The molecular formula is C14H17NO3S. The summed E-state index contributed by atoms with van der Waals surface area (Å²) in [5.74, 6) is -0.331. The summed E-state index contributed by atoms with van der Waals surface area (Å²) in [4.78, 5) is 26.7. The Hall–Kier alpha value is -1.49. The SMILES string of the molecule is CCOC(=O)CC1Sc2ccccc2N(CC)C1=O. The maximum atomic E-state index is 12.4. The van der Waals surface area contributed by atoms with Crippen LogP contribution in [0.25, 0.3) is 0 Å². The Balaban J connectivity index is 2.21. The van der Waals surface area contributed by atoms with Crippen LogP contribution in [0.15, 0.2) is 29.2 Å². The van der Waals surface area contributed by atoms with Gasteiger partial charge in [-0.25, -0.2) is 0 Å². The van der Waals surface area contributed by atoms with Gasteiger partial charge >= 0.3 is 5.97 Å². The predicted octanol–water partition coefficient (Wildman–Crippen LogP) is 2.47. The van der Waals surface area contributed by atoms with Gasteiger partial charge in [-0.15, -0.1) is 11.8 Å². The third kappa shape index (κ3) is 2.92. The lowest BCUT2D eigenvalue weighted by molar-refractivity contribution is -0.144. The molecule has 0 bridgehead atoms. The minimum absolute atomic E-state index is 0.0146. The number of ether oxygens (including phenoxy) is 1. The molecule has 1 aromatic rings. The Labute approximate surface area is 117 Å². The topological polar surface area (TPSA) is 46.6 Å². The first-order chi connectivity index (χ1) is 9.17. The molecule has 0 saturated heterocycles. The third-order valence-corrected chi connectivity index (χ3v) is 4.19. The van der Waals surface area contributed by atoms with E-state index in [1.807, 2.05) is 31.2 Å². The van der Waals surface area contributed by atoms with Gasteiger partial charge in [-0.1, -0.05) is 12.1 Å². The van der Waals surface area contributed by atoms with Crippen molar-refractivity contribution in [3.63, 3.8) is 0 Å². The molecule has 1 aliphatic heterocycles. The molecule has 1 aromatic carbocycles. The number of fused-ring (bicyclic) bond motifs is 1. The lowest BCUT2D eigenvalue weighted by atomic mass is 10.2. The van der Waals surface area contributed by atoms with E-state index in [4.69, 9.17) is 4.74 Å². The number of carbonyl (C=O) groups is 2. The molecule has 0 aliphatic carbocycles. The molecule has 19 heavy (non-hydrogen) atoms. The average molecular weight is 279 g/mol. The molecule has 5 heteroatoms. The number of rotatable bonds is 4. The van der Waals surface area contributed by atoms with Crippen LogP contribution in [0.2, 0.25) is 0 Å². The van der Waals surface area contributed by atoms with Gasteiger partial charge in [-0.2, -0.15) is 0 Å². The molecule has 1 aliphatic rings. The molecule has 1 unspecified atom stereocenters. The Morgan fingerprint density at radius 1 is 1.37 bits per heavy atom. The van der Waals surface area contributed by atoms with Gasteiger partial charge in [0.2, 0.25) is 5.91 Å². The number of benzene rings is 1. The molecule has 102 valence electrons. The van der Waals surface area contributed by atoms with Crippen molar-refractivity contribution < 1.29 is 14.3 Å². The van der Waals surface area contributed by atoms with E-state index in [1.54, 1.807) is 11.8 Å². The first-order valence-electron chi connectivity index (χ1n) is 6.40.